The molecule has 0 aromatic heterocycles. The molecule has 2 aliphatic rings. The predicted molar refractivity (Wildman–Crippen MR) is 109 cm³/mol. The predicted octanol–water partition coefficient (Wildman–Crippen LogP) is 2.44. The van der Waals surface area contributed by atoms with Crippen molar-refractivity contribution in [1.82, 2.24) is 9.21 Å². The van der Waals surface area contributed by atoms with E-state index >= 15 is 0 Å². The maximum atomic E-state index is 13.0. The van der Waals surface area contributed by atoms with Crippen molar-refractivity contribution in [3.63, 3.8) is 0 Å². The maximum Gasteiger partial charge on any atom is 0.293 e. The molecular formula is C19H28N4O5S. The van der Waals surface area contributed by atoms with Gasteiger partial charge in [0, 0.05) is 45.2 Å². The SMILES string of the molecule is CC(=O)N1CCC(Nc2ccc(S(=O)(=O)N3CCC[C@@H](C)C3)cc2[N+](=O)[O-])CC1. The van der Waals surface area contributed by atoms with Crippen LogP contribution in [0.5, 0.6) is 0 Å². The van der Waals surface area contributed by atoms with Crippen molar-refractivity contribution in [3.8, 4) is 0 Å². The Hall–Kier alpha value is -2.20. The zero-order valence-corrected chi connectivity index (χ0v) is 17.7. The topological polar surface area (TPSA) is 113 Å². The van der Waals surface area contributed by atoms with Crippen LogP contribution in [-0.4, -0.2) is 60.7 Å². The second kappa shape index (κ2) is 8.66. The van der Waals surface area contributed by atoms with E-state index in [1.807, 2.05) is 6.92 Å². The molecule has 160 valence electrons. The zero-order chi connectivity index (χ0) is 21.2. The highest BCUT2D eigenvalue weighted by atomic mass is 32.2. The van der Waals surface area contributed by atoms with Crippen LogP contribution >= 0.6 is 0 Å². The molecule has 3 rings (SSSR count). The number of nitrogens with one attached hydrogen (secondary N) is 1. The van der Waals surface area contributed by atoms with Gasteiger partial charge in [0.2, 0.25) is 15.9 Å². The largest absolute Gasteiger partial charge is 0.377 e. The standard InChI is InChI=1S/C19H28N4O5S/c1-14-4-3-9-22(13-14)29(27,28)17-5-6-18(19(12-17)23(25)26)20-16-7-10-21(11-8-16)15(2)24/h5-6,12,14,16,20H,3-4,7-11,13H2,1-2H3/t14-/m1/s1. The van der Waals surface area contributed by atoms with Gasteiger partial charge in [0.15, 0.2) is 0 Å². The minimum atomic E-state index is -3.76. The first-order valence-corrected chi connectivity index (χ1v) is 11.4. The van der Waals surface area contributed by atoms with Crippen LogP contribution in [0.4, 0.5) is 11.4 Å². The lowest BCUT2D eigenvalue weighted by molar-refractivity contribution is -0.384. The number of hydrogen-bond acceptors (Lipinski definition) is 6. The second-order valence-corrected chi connectivity index (χ2v) is 9.91. The molecule has 1 aromatic carbocycles. The van der Waals surface area contributed by atoms with Crippen LogP contribution in [0, 0.1) is 16.0 Å². The Kier molecular flexibility index (Phi) is 6.42. The van der Waals surface area contributed by atoms with Gasteiger partial charge in [-0.2, -0.15) is 4.31 Å². The van der Waals surface area contributed by atoms with Gasteiger partial charge in [-0.05, 0) is 43.7 Å². The third-order valence-corrected chi connectivity index (χ3v) is 7.58. The summed E-state index contributed by atoms with van der Waals surface area (Å²) in [5.74, 6) is 0.298. The minimum Gasteiger partial charge on any atom is -0.377 e. The molecule has 0 radical (unpaired) electrons. The molecule has 2 saturated heterocycles. The van der Waals surface area contributed by atoms with Gasteiger partial charge in [0.1, 0.15) is 5.69 Å². The molecule has 0 saturated carbocycles. The van der Waals surface area contributed by atoms with E-state index in [0.29, 0.717) is 44.7 Å². The lowest BCUT2D eigenvalue weighted by atomic mass is 10.0. The highest BCUT2D eigenvalue weighted by molar-refractivity contribution is 7.89. The summed E-state index contributed by atoms with van der Waals surface area (Å²) < 4.78 is 27.3. The Balaban J connectivity index is 1.79. The molecular weight excluding hydrogens is 396 g/mol. The summed E-state index contributed by atoms with van der Waals surface area (Å²) in [5.41, 5.74) is 0.0624. The van der Waals surface area contributed by atoms with Gasteiger partial charge >= 0.3 is 0 Å². The Morgan fingerprint density at radius 2 is 1.90 bits per heavy atom. The highest BCUT2D eigenvalue weighted by Gasteiger charge is 2.31. The van der Waals surface area contributed by atoms with Gasteiger partial charge in [-0.3, -0.25) is 14.9 Å². The van der Waals surface area contributed by atoms with Gasteiger partial charge in [-0.1, -0.05) is 6.92 Å². The summed E-state index contributed by atoms with van der Waals surface area (Å²) in [5, 5.41) is 14.8. The fourth-order valence-corrected chi connectivity index (χ4v) is 5.64. The number of piperidine rings is 2. The molecule has 0 bridgehead atoms. The van der Waals surface area contributed by atoms with Crippen molar-refractivity contribution >= 4 is 27.3 Å². The summed E-state index contributed by atoms with van der Waals surface area (Å²) in [6.45, 7) is 5.61. The molecule has 0 unspecified atom stereocenters. The first kappa shape index (κ1) is 21.5. The molecule has 10 heteroatoms. The smallest absolute Gasteiger partial charge is 0.293 e. The third kappa shape index (κ3) is 4.87. The summed E-state index contributed by atoms with van der Waals surface area (Å²) in [6.07, 6.45) is 3.14. The molecule has 2 fully saturated rings. The van der Waals surface area contributed by atoms with Gasteiger partial charge in [0.05, 0.1) is 9.82 Å². The van der Waals surface area contributed by atoms with Crippen LogP contribution in [0.25, 0.3) is 0 Å². The van der Waals surface area contributed by atoms with Gasteiger partial charge in [-0.25, -0.2) is 8.42 Å². The Morgan fingerprint density at radius 1 is 1.21 bits per heavy atom. The van der Waals surface area contributed by atoms with Crippen LogP contribution in [0.3, 0.4) is 0 Å². The summed E-state index contributed by atoms with van der Waals surface area (Å²) in [4.78, 5) is 24.2. The fourth-order valence-electron chi connectivity index (χ4n) is 4.02. The molecule has 29 heavy (non-hydrogen) atoms. The number of amides is 1. The van der Waals surface area contributed by atoms with Crippen molar-refractivity contribution < 1.29 is 18.1 Å². The molecule has 0 spiro atoms. The monoisotopic (exact) mass is 424 g/mol. The summed E-state index contributed by atoms with van der Waals surface area (Å²) >= 11 is 0. The number of sulfonamides is 1. The van der Waals surface area contributed by atoms with E-state index < -0.39 is 14.9 Å². The van der Waals surface area contributed by atoms with E-state index in [0.717, 1.165) is 18.9 Å². The van der Waals surface area contributed by atoms with E-state index in [-0.39, 0.29) is 28.4 Å². The van der Waals surface area contributed by atoms with E-state index in [4.69, 9.17) is 0 Å². The molecule has 1 aromatic rings. The van der Waals surface area contributed by atoms with E-state index in [2.05, 4.69) is 5.32 Å². The first-order chi connectivity index (χ1) is 13.7. The average Bonchev–Trinajstić information content (AvgIpc) is 2.68. The number of likely N-dealkylation sites (tertiary alicyclic amines) is 1. The number of hydrogen-bond donors (Lipinski definition) is 1. The van der Waals surface area contributed by atoms with Crippen molar-refractivity contribution in [2.75, 3.05) is 31.5 Å². The number of nitro groups is 1. The molecule has 2 heterocycles. The molecule has 1 N–H and O–H groups in total. The van der Waals surface area contributed by atoms with Gasteiger partial charge < -0.3 is 10.2 Å². The van der Waals surface area contributed by atoms with Crippen LogP contribution in [0.1, 0.15) is 39.5 Å². The Labute approximate surface area is 171 Å². The van der Waals surface area contributed by atoms with Crippen molar-refractivity contribution in [2.24, 2.45) is 5.92 Å². The van der Waals surface area contributed by atoms with E-state index in [1.165, 1.54) is 23.4 Å². The first-order valence-electron chi connectivity index (χ1n) is 9.99. The maximum absolute atomic E-state index is 13.0. The molecule has 2 aliphatic heterocycles. The third-order valence-electron chi connectivity index (χ3n) is 5.72. The molecule has 1 atom stereocenters. The highest BCUT2D eigenvalue weighted by Crippen LogP contribution is 2.32. The number of benzene rings is 1. The van der Waals surface area contributed by atoms with Crippen LogP contribution in [0.15, 0.2) is 23.1 Å². The number of nitrogens with zero attached hydrogens (tertiary/aromatic N) is 3. The summed E-state index contributed by atoms with van der Waals surface area (Å²) in [7, 11) is -3.76. The number of carbonyl (C=O) groups excluding carboxylic acids is 1. The number of anilines is 1. The minimum absolute atomic E-state index is 0.00491. The zero-order valence-electron chi connectivity index (χ0n) is 16.8. The van der Waals surface area contributed by atoms with Crippen molar-refractivity contribution in [1.29, 1.82) is 0 Å². The second-order valence-electron chi connectivity index (χ2n) is 7.97. The lowest BCUT2D eigenvalue weighted by Crippen LogP contribution is -2.41. The van der Waals surface area contributed by atoms with Crippen LogP contribution < -0.4 is 5.32 Å². The summed E-state index contributed by atoms with van der Waals surface area (Å²) in [6, 6.07) is 4.07. The van der Waals surface area contributed by atoms with Crippen molar-refractivity contribution in [3.05, 3.63) is 28.3 Å². The Bertz CT molecular complexity index is 881. The van der Waals surface area contributed by atoms with Gasteiger partial charge in [-0.15, -0.1) is 0 Å². The van der Waals surface area contributed by atoms with Gasteiger partial charge in [0.25, 0.3) is 5.69 Å². The molecule has 9 nitrogen and oxygen atoms in total. The average molecular weight is 425 g/mol. The van der Waals surface area contributed by atoms with Crippen LogP contribution in [-0.2, 0) is 14.8 Å². The number of carbonyl (C=O) groups is 1. The lowest BCUT2D eigenvalue weighted by Gasteiger charge is -2.32. The fraction of sp³-hybridized carbons (Fsp3) is 0.632. The van der Waals surface area contributed by atoms with Crippen molar-refractivity contribution in [2.45, 2.75) is 50.5 Å². The van der Waals surface area contributed by atoms with E-state index in [9.17, 15) is 23.3 Å². The van der Waals surface area contributed by atoms with E-state index in [1.54, 1.807) is 4.90 Å². The quantitative estimate of drug-likeness (QED) is 0.574. The number of rotatable bonds is 5. The van der Waals surface area contributed by atoms with Crippen LogP contribution in [0.2, 0.25) is 0 Å². The Morgan fingerprint density at radius 3 is 2.48 bits per heavy atom. The molecule has 1 amide bonds. The number of nitro benzene ring substituents is 1. The molecule has 0 aliphatic carbocycles. The normalized spacial score (nSPS) is 21.7.